The average Bonchev–Trinajstić information content (AvgIpc) is 2.64. The Bertz CT molecular complexity index is 819. The van der Waals surface area contributed by atoms with Crippen LogP contribution < -0.4 is 10.6 Å². The Kier molecular flexibility index (Phi) is 7.05. The van der Waals surface area contributed by atoms with Crippen molar-refractivity contribution in [3.8, 4) is 0 Å². The Morgan fingerprint density at radius 2 is 1.70 bits per heavy atom. The highest BCUT2D eigenvalue weighted by Gasteiger charge is 2.14. The molecule has 0 heterocycles. The molecule has 0 fully saturated rings. The van der Waals surface area contributed by atoms with Crippen molar-refractivity contribution in [2.45, 2.75) is 26.4 Å². The van der Waals surface area contributed by atoms with Gasteiger partial charge in [0.25, 0.3) is 0 Å². The molecule has 2 aromatic carbocycles. The SMILES string of the molecule is CC(C)NC(=O)NCc1ccc(C(=O)OCC(=O)c2ccccc2F)cc1. The summed E-state index contributed by atoms with van der Waals surface area (Å²) in [5.74, 6) is -1.95. The molecular weight excluding hydrogens is 351 g/mol. The maximum atomic E-state index is 13.5. The third-order valence-electron chi connectivity index (χ3n) is 3.57. The lowest BCUT2D eigenvalue weighted by Gasteiger charge is -2.10. The van der Waals surface area contributed by atoms with Crippen LogP contribution in [0.4, 0.5) is 9.18 Å². The van der Waals surface area contributed by atoms with E-state index in [1.807, 2.05) is 13.8 Å². The summed E-state index contributed by atoms with van der Waals surface area (Å²) in [6.07, 6.45) is 0. The molecule has 0 saturated carbocycles. The molecule has 0 radical (unpaired) electrons. The summed E-state index contributed by atoms with van der Waals surface area (Å²) in [4.78, 5) is 35.5. The van der Waals surface area contributed by atoms with E-state index in [4.69, 9.17) is 4.74 Å². The van der Waals surface area contributed by atoms with Crippen LogP contribution in [0.2, 0.25) is 0 Å². The first-order valence-electron chi connectivity index (χ1n) is 8.45. The van der Waals surface area contributed by atoms with Crippen molar-refractivity contribution in [3.63, 3.8) is 0 Å². The summed E-state index contributed by atoms with van der Waals surface area (Å²) in [5.41, 5.74) is 0.936. The van der Waals surface area contributed by atoms with Crippen LogP contribution in [0.25, 0.3) is 0 Å². The van der Waals surface area contributed by atoms with Crippen molar-refractivity contribution in [1.29, 1.82) is 0 Å². The number of halogens is 1. The van der Waals surface area contributed by atoms with Crippen molar-refractivity contribution in [2.75, 3.05) is 6.61 Å². The van der Waals surface area contributed by atoms with E-state index in [0.29, 0.717) is 6.54 Å². The first kappa shape index (κ1) is 20.1. The number of carbonyl (C=O) groups is 3. The number of hydrogen-bond donors (Lipinski definition) is 2. The maximum Gasteiger partial charge on any atom is 0.338 e. The molecule has 0 bridgehead atoms. The Morgan fingerprint density at radius 3 is 2.33 bits per heavy atom. The van der Waals surface area contributed by atoms with E-state index in [0.717, 1.165) is 5.56 Å². The van der Waals surface area contributed by atoms with Gasteiger partial charge >= 0.3 is 12.0 Å². The first-order chi connectivity index (χ1) is 12.9. The third kappa shape index (κ3) is 6.22. The summed E-state index contributed by atoms with van der Waals surface area (Å²) >= 11 is 0. The molecule has 0 spiro atoms. The monoisotopic (exact) mass is 372 g/mol. The molecule has 0 aliphatic rings. The number of esters is 1. The number of amides is 2. The summed E-state index contributed by atoms with van der Waals surface area (Å²) in [5, 5.41) is 5.40. The van der Waals surface area contributed by atoms with Crippen LogP contribution in [-0.2, 0) is 11.3 Å². The minimum Gasteiger partial charge on any atom is -0.454 e. The molecule has 6 nitrogen and oxygen atoms in total. The number of ether oxygens (including phenoxy) is 1. The van der Waals surface area contributed by atoms with Crippen molar-refractivity contribution < 1.29 is 23.5 Å². The average molecular weight is 372 g/mol. The highest BCUT2D eigenvalue weighted by Crippen LogP contribution is 2.09. The van der Waals surface area contributed by atoms with Gasteiger partial charge in [-0.1, -0.05) is 24.3 Å². The van der Waals surface area contributed by atoms with Crippen molar-refractivity contribution in [2.24, 2.45) is 0 Å². The lowest BCUT2D eigenvalue weighted by Crippen LogP contribution is -2.39. The standard InChI is InChI=1S/C20H21FN2O4/c1-13(2)23-20(26)22-11-14-7-9-15(10-8-14)19(25)27-12-18(24)16-5-3-4-6-17(16)21/h3-10,13H,11-12H2,1-2H3,(H2,22,23,26). The quantitative estimate of drug-likeness (QED) is 0.578. The van der Waals surface area contributed by atoms with E-state index in [1.54, 1.807) is 12.1 Å². The predicted octanol–water partition coefficient (Wildman–Crippen LogP) is 3.07. The minimum atomic E-state index is -0.684. The van der Waals surface area contributed by atoms with E-state index < -0.39 is 24.2 Å². The van der Waals surface area contributed by atoms with E-state index in [1.165, 1.54) is 36.4 Å². The molecule has 2 aromatic rings. The fourth-order valence-electron chi connectivity index (χ4n) is 2.23. The highest BCUT2D eigenvalue weighted by atomic mass is 19.1. The molecule has 0 saturated heterocycles. The zero-order chi connectivity index (χ0) is 19.8. The van der Waals surface area contributed by atoms with E-state index in [9.17, 15) is 18.8 Å². The van der Waals surface area contributed by atoms with Crippen LogP contribution in [0.15, 0.2) is 48.5 Å². The lowest BCUT2D eigenvalue weighted by atomic mass is 10.1. The van der Waals surface area contributed by atoms with E-state index in [2.05, 4.69) is 10.6 Å². The van der Waals surface area contributed by atoms with Crippen LogP contribution in [0.5, 0.6) is 0 Å². The third-order valence-corrected chi connectivity index (χ3v) is 3.57. The van der Waals surface area contributed by atoms with Gasteiger partial charge in [0.2, 0.25) is 5.78 Å². The number of urea groups is 1. The summed E-state index contributed by atoms with van der Waals surface area (Å²) in [6.45, 7) is 3.48. The number of ketones is 1. The van der Waals surface area contributed by atoms with Crippen LogP contribution in [-0.4, -0.2) is 30.4 Å². The largest absolute Gasteiger partial charge is 0.454 e. The summed E-state index contributed by atoms with van der Waals surface area (Å²) in [7, 11) is 0. The van der Waals surface area contributed by atoms with Crippen molar-refractivity contribution >= 4 is 17.8 Å². The van der Waals surface area contributed by atoms with Crippen molar-refractivity contribution in [1.82, 2.24) is 10.6 Å². The first-order valence-corrected chi connectivity index (χ1v) is 8.45. The fourth-order valence-corrected chi connectivity index (χ4v) is 2.23. The molecule has 0 unspecified atom stereocenters. The summed E-state index contributed by atoms with van der Waals surface area (Å²) < 4.78 is 18.5. The van der Waals surface area contributed by atoms with Gasteiger partial charge in [-0.3, -0.25) is 4.79 Å². The fraction of sp³-hybridized carbons (Fsp3) is 0.250. The normalized spacial score (nSPS) is 10.4. The molecule has 7 heteroatoms. The second-order valence-electron chi connectivity index (χ2n) is 6.16. The molecule has 27 heavy (non-hydrogen) atoms. The van der Waals surface area contributed by atoms with Gasteiger partial charge in [-0.25, -0.2) is 14.0 Å². The van der Waals surface area contributed by atoms with Crippen LogP contribution in [0.1, 0.15) is 40.1 Å². The van der Waals surface area contributed by atoms with Gasteiger partial charge in [0, 0.05) is 12.6 Å². The number of benzene rings is 2. The van der Waals surface area contributed by atoms with Gasteiger partial charge < -0.3 is 15.4 Å². The molecule has 0 aliphatic carbocycles. The van der Waals surface area contributed by atoms with Gasteiger partial charge in [-0.15, -0.1) is 0 Å². The number of rotatable bonds is 7. The maximum absolute atomic E-state index is 13.5. The van der Waals surface area contributed by atoms with Gasteiger partial charge in [0.05, 0.1) is 11.1 Å². The molecule has 142 valence electrons. The molecule has 2 rings (SSSR count). The minimum absolute atomic E-state index is 0.0363. The molecule has 0 atom stereocenters. The van der Waals surface area contributed by atoms with Crippen LogP contribution >= 0.6 is 0 Å². The Morgan fingerprint density at radius 1 is 1.04 bits per heavy atom. The number of Topliss-reactive ketones (excluding diaryl/α,β-unsaturated/α-hetero) is 1. The summed E-state index contributed by atoms with van der Waals surface area (Å²) in [6, 6.07) is 11.7. The number of hydrogen-bond acceptors (Lipinski definition) is 4. The van der Waals surface area contributed by atoms with Gasteiger partial charge in [-0.05, 0) is 43.7 Å². The van der Waals surface area contributed by atoms with Crippen molar-refractivity contribution in [3.05, 3.63) is 71.0 Å². The van der Waals surface area contributed by atoms with Gasteiger partial charge in [0.15, 0.2) is 6.61 Å². The smallest absolute Gasteiger partial charge is 0.338 e. The molecule has 0 aliphatic heterocycles. The number of carbonyl (C=O) groups excluding carboxylic acids is 3. The molecule has 2 amide bonds. The Labute approximate surface area is 156 Å². The molecule has 0 aromatic heterocycles. The Balaban J connectivity index is 1.85. The molecule has 2 N–H and O–H groups in total. The van der Waals surface area contributed by atoms with Crippen LogP contribution in [0, 0.1) is 5.82 Å². The highest BCUT2D eigenvalue weighted by molar-refractivity contribution is 5.99. The predicted molar refractivity (Wildman–Crippen MR) is 98.0 cm³/mol. The number of nitrogens with one attached hydrogen (secondary N) is 2. The van der Waals surface area contributed by atoms with Gasteiger partial charge in [0.1, 0.15) is 5.82 Å². The second kappa shape index (κ2) is 9.47. The lowest BCUT2D eigenvalue weighted by molar-refractivity contribution is 0.0473. The zero-order valence-electron chi connectivity index (χ0n) is 15.1. The van der Waals surface area contributed by atoms with E-state index in [-0.39, 0.29) is 23.2 Å². The van der Waals surface area contributed by atoms with Crippen LogP contribution in [0.3, 0.4) is 0 Å². The molecular formula is C20H21FN2O4. The Hall–Kier alpha value is -3.22. The van der Waals surface area contributed by atoms with E-state index >= 15 is 0 Å². The second-order valence-corrected chi connectivity index (χ2v) is 6.16. The topological polar surface area (TPSA) is 84.5 Å². The van der Waals surface area contributed by atoms with Gasteiger partial charge in [-0.2, -0.15) is 0 Å². The zero-order valence-corrected chi connectivity index (χ0v) is 15.1.